The largest absolute Gasteiger partial charge is 0.388 e. The van der Waals surface area contributed by atoms with Gasteiger partial charge in [0.2, 0.25) is 0 Å². The molecule has 6 heteroatoms. The second kappa shape index (κ2) is 6.11. The Morgan fingerprint density at radius 3 is 2.29 bits per heavy atom. The maximum atomic E-state index is 12.1. The van der Waals surface area contributed by atoms with E-state index in [4.69, 9.17) is 23.2 Å². The average Bonchev–Trinajstić information content (AvgIpc) is 2.39. The standard InChI is InChI=1S/C15H20Cl2N2O2/c1-14(2)3-5-15(21,6-4-14)9-18-13(20)10-7-11(16)19-12(17)8-10/h7-8,21H,3-6,9H2,1-2H3,(H,18,20). The highest BCUT2D eigenvalue weighted by molar-refractivity contribution is 6.33. The van der Waals surface area contributed by atoms with Crippen LogP contribution in [0, 0.1) is 5.41 Å². The highest BCUT2D eigenvalue weighted by Gasteiger charge is 2.36. The SMILES string of the molecule is CC1(C)CCC(O)(CNC(=O)c2cc(Cl)nc(Cl)c2)CC1. The second-order valence-corrected chi connectivity index (χ2v) is 7.35. The van der Waals surface area contributed by atoms with Crippen LogP contribution in [-0.2, 0) is 0 Å². The van der Waals surface area contributed by atoms with Gasteiger partial charge in [-0.25, -0.2) is 4.98 Å². The van der Waals surface area contributed by atoms with E-state index in [1.807, 2.05) is 0 Å². The molecule has 0 aliphatic heterocycles. The number of hydrogen-bond acceptors (Lipinski definition) is 3. The molecule has 0 atom stereocenters. The average molecular weight is 331 g/mol. The fourth-order valence-electron chi connectivity index (χ4n) is 2.51. The summed E-state index contributed by atoms with van der Waals surface area (Å²) in [5.74, 6) is -0.306. The van der Waals surface area contributed by atoms with E-state index in [-0.39, 0.29) is 28.2 Å². The molecule has 0 radical (unpaired) electrons. The molecule has 1 aromatic rings. The van der Waals surface area contributed by atoms with E-state index in [1.54, 1.807) is 0 Å². The number of carbonyl (C=O) groups excluding carboxylic acids is 1. The van der Waals surface area contributed by atoms with Crippen LogP contribution < -0.4 is 5.32 Å². The molecule has 1 aliphatic carbocycles. The Morgan fingerprint density at radius 2 is 1.76 bits per heavy atom. The maximum absolute atomic E-state index is 12.1. The van der Waals surface area contributed by atoms with Crippen molar-refractivity contribution in [3.63, 3.8) is 0 Å². The number of aromatic nitrogens is 1. The third kappa shape index (κ3) is 4.56. The molecule has 0 spiro atoms. The van der Waals surface area contributed by atoms with E-state index in [2.05, 4.69) is 24.1 Å². The first-order chi connectivity index (χ1) is 9.69. The summed E-state index contributed by atoms with van der Waals surface area (Å²) in [5.41, 5.74) is -0.214. The lowest BCUT2D eigenvalue weighted by Crippen LogP contribution is -2.46. The number of nitrogens with one attached hydrogen (secondary N) is 1. The summed E-state index contributed by atoms with van der Waals surface area (Å²) in [6, 6.07) is 2.91. The summed E-state index contributed by atoms with van der Waals surface area (Å²) in [7, 11) is 0. The minimum Gasteiger partial charge on any atom is -0.388 e. The number of amides is 1. The minimum atomic E-state index is -0.828. The summed E-state index contributed by atoms with van der Waals surface area (Å²) in [6.07, 6.45) is 3.29. The summed E-state index contributed by atoms with van der Waals surface area (Å²) in [6.45, 7) is 4.64. The molecule has 1 aliphatic rings. The summed E-state index contributed by atoms with van der Waals surface area (Å²) in [5, 5.41) is 13.6. The lowest BCUT2D eigenvalue weighted by atomic mass is 9.71. The van der Waals surface area contributed by atoms with Gasteiger partial charge in [0.05, 0.1) is 5.60 Å². The number of carbonyl (C=O) groups is 1. The lowest BCUT2D eigenvalue weighted by Gasteiger charge is -2.40. The second-order valence-electron chi connectivity index (χ2n) is 6.57. The van der Waals surface area contributed by atoms with Crippen LogP contribution in [0.2, 0.25) is 10.3 Å². The number of halogens is 2. The van der Waals surface area contributed by atoms with Crippen LogP contribution in [0.15, 0.2) is 12.1 Å². The van der Waals surface area contributed by atoms with Gasteiger partial charge < -0.3 is 10.4 Å². The summed E-state index contributed by atoms with van der Waals surface area (Å²) in [4.78, 5) is 15.9. The van der Waals surface area contributed by atoms with Crippen LogP contribution in [0.1, 0.15) is 49.9 Å². The van der Waals surface area contributed by atoms with E-state index in [1.165, 1.54) is 12.1 Å². The van der Waals surface area contributed by atoms with Crippen molar-refractivity contribution < 1.29 is 9.90 Å². The zero-order valence-electron chi connectivity index (χ0n) is 12.2. The molecule has 1 fully saturated rings. The molecule has 0 aromatic carbocycles. The van der Waals surface area contributed by atoms with Crippen molar-refractivity contribution in [2.45, 2.75) is 45.1 Å². The van der Waals surface area contributed by atoms with Gasteiger partial charge in [-0.1, -0.05) is 37.0 Å². The van der Waals surface area contributed by atoms with Gasteiger partial charge in [0.25, 0.3) is 5.91 Å². The Hall–Kier alpha value is -0.840. The van der Waals surface area contributed by atoms with Crippen LogP contribution in [-0.4, -0.2) is 28.1 Å². The van der Waals surface area contributed by atoms with Gasteiger partial charge in [-0.15, -0.1) is 0 Å². The summed E-state index contributed by atoms with van der Waals surface area (Å²) < 4.78 is 0. The first-order valence-corrected chi connectivity index (χ1v) is 7.78. The lowest BCUT2D eigenvalue weighted by molar-refractivity contribution is -0.0233. The molecule has 21 heavy (non-hydrogen) atoms. The number of hydrogen-bond donors (Lipinski definition) is 2. The van der Waals surface area contributed by atoms with Crippen molar-refractivity contribution in [3.8, 4) is 0 Å². The third-order valence-electron chi connectivity index (χ3n) is 4.14. The Balaban J connectivity index is 1.95. The highest BCUT2D eigenvalue weighted by atomic mass is 35.5. The normalized spacial score (nSPS) is 20.0. The highest BCUT2D eigenvalue weighted by Crippen LogP contribution is 2.39. The van der Waals surface area contributed by atoms with E-state index in [0.717, 1.165) is 12.8 Å². The monoisotopic (exact) mass is 330 g/mol. The molecule has 0 bridgehead atoms. The van der Waals surface area contributed by atoms with Crippen LogP contribution in [0.4, 0.5) is 0 Å². The zero-order chi connectivity index (χ0) is 15.7. The molecule has 1 saturated carbocycles. The molecule has 1 heterocycles. The van der Waals surface area contributed by atoms with Crippen molar-refractivity contribution in [2.75, 3.05) is 6.54 Å². The molecule has 0 unspecified atom stereocenters. The van der Waals surface area contributed by atoms with Gasteiger partial charge in [0.1, 0.15) is 10.3 Å². The van der Waals surface area contributed by atoms with Crippen molar-refractivity contribution >= 4 is 29.1 Å². The Bertz CT molecular complexity index is 516. The van der Waals surface area contributed by atoms with Gasteiger partial charge in [-0.2, -0.15) is 0 Å². The fraction of sp³-hybridized carbons (Fsp3) is 0.600. The number of pyridine rings is 1. The van der Waals surface area contributed by atoms with Gasteiger partial charge in [-0.3, -0.25) is 4.79 Å². The van der Waals surface area contributed by atoms with E-state index in [0.29, 0.717) is 18.4 Å². The molecule has 0 saturated heterocycles. The van der Waals surface area contributed by atoms with Gasteiger partial charge in [0.15, 0.2) is 0 Å². The van der Waals surface area contributed by atoms with Gasteiger partial charge in [-0.05, 0) is 43.2 Å². The van der Waals surface area contributed by atoms with Crippen molar-refractivity contribution in [1.29, 1.82) is 0 Å². The van der Waals surface area contributed by atoms with Crippen molar-refractivity contribution in [2.24, 2.45) is 5.41 Å². The van der Waals surface area contributed by atoms with Gasteiger partial charge >= 0.3 is 0 Å². The number of aliphatic hydroxyl groups is 1. The third-order valence-corrected chi connectivity index (χ3v) is 4.52. The van der Waals surface area contributed by atoms with Crippen LogP contribution in [0.5, 0.6) is 0 Å². The van der Waals surface area contributed by atoms with Crippen molar-refractivity contribution in [3.05, 3.63) is 28.0 Å². The fourth-order valence-corrected chi connectivity index (χ4v) is 2.97. The molecule has 4 nitrogen and oxygen atoms in total. The molecule has 1 amide bonds. The number of rotatable bonds is 3. The van der Waals surface area contributed by atoms with Crippen LogP contribution >= 0.6 is 23.2 Å². The maximum Gasteiger partial charge on any atom is 0.251 e. The van der Waals surface area contributed by atoms with E-state index in [9.17, 15) is 9.90 Å². The van der Waals surface area contributed by atoms with Gasteiger partial charge in [0, 0.05) is 12.1 Å². The minimum absolute atomic E-state index is 0.172. The van der Waals surface area contributed by atoms with E-state index < -0.39 is 5.60 Å². The molecule has 116 valence electrons. The molecule has 1 aromatic heterocycles. The topological polar surface area (TPSA) is 62.2 Å². The Labute approximate surface area is 134 Å². The molecule has 2 N–H and O–H groups in total. The first kappa shape index (κ1) is 16.5. The van der Waals surface area contributed by atoms with Crippen LogP contribution in [0.3, 0.4) is 0 Å². The molecular formula is C15H20Cl2N2O2. The number of nitrogens with zero attached hydrogens (tertiary/aromatic N) is 1. The quantitative estimate of drug-likeness (QED) is 0.834. The Kier molecular flexibility index (Phi) is 4.81. The first-order valence-electron chi connectivity index (χ1n) is 7.03. The predicted molar refractivity (Wildman–Crippen MR) is 83.8 cm³/mol. The van der Waals surface area contributed by atoms with Crippen molar-refractivity contribution in [1.82, 2.24) is 10.3 Å². The zero-order valence-corrected chi connectivity index (χ0v) is 13.8. The molecular weight excluding hydrogens is 311 g/mol. The van der Waals surface area contributed by atoms with Crippen LogP contribution in [0.25, 0.3) is 0 Å². The van der Waals surface area contributed by atoms with E-state index >= 15 is 0 Å². The predicted octanol–water partition coefficient (Wildman–Crippen LogP) is 3.45. The molecule has 2 rings (SSSR count). The Morgan fingerprint density at radius 1 is 1.24 bits per heavy atom. The summed E-state index contributed by atoms with van der Waals surface area (Å²) >= 11 is 11.6. The smallest absolute Gasteiger partial charge is 0.251 e.